The third-order valence-electron chi connectivity index (χ3n) is 6.35. The summed E-state index contributed by atoms with van der Waals surface area (Å²) in [4.78, 5) is 22.8. The van der Waals surface area contributed by atoms with Crippen LogP contribution in [-0.4, -0.2) is 90.7 Å². The number of nitrogens with zero attached hydrogens (tertiary/aromatic N) is 6. The molecule has 0 amide bonds. The van der Waals surface area contributed by atoms with Gasteiger partial charge in [0.05, 0.1) is 5.69 Å². The van der Waals surface area contributed by atoms with Crippen molar-refractivity contribution in [2.45, 2.75) is 37.5 Å². The van der Waals surface area contributed by atoms with Gasteiger partial charge in [-0.2, -0.15) is 11.8 Å². The Kier molecular flexibility index (Phi) is 14.5. The number of rotatable bonds is 8. The lowest BCUT2D eigenvalue weighted by molar-refractivity contribution is -0.0979. The molecule has 11 heteroatoms. The van der Waals surface area contributed by atoms with Crippen LogP contribution in [0.2, 0.25) is 0 Å². The maximum Gasteiger partial charge on any atom is 0.229 e. The Hall–Kier alpha value is -2.21. The van der Waals surface area contributed by atoms with Gasteiger partial charge in [-0.05, 0) is 63.7 Å². The Morgan fingerprint density at radius 3 is 2.41 bits per heavy atom. The van der Waals surface area contributed by atoms with Gasteiger partial charge in [0.1, 0.15) is 6.79 Å². The molecule has 4 rings (SSSR count). The summed E-state index contributed by atoms with van der Waals surface area (Å²) in [5.74, 6) is 3.85. The first-order valence-corrected chi connectivity index (χ1v) is 14.6. The van der Waals surface area contributed by atoms with E-state index in [0.717, 1.165) is 49.1 Å². The van der Waals surface area contributed by atoms with Crippen LogP contribution >= 0.6 is 24.4 Å². The lowest BCUT2D eigenvalue weighted by Crippen LogP contribution is -2.47. The number of piperazine rings is 1. The molecule has 0 radical (unpaired) electrons. The minimum atomic E-state index is 0.527. The second-order valence-electron chi connectivity index (χ2n) is 8.88. The molecule has 0 aromatic carbocycles. The molecule has 0 unspecified atom stereocenters. The Labute approximate surface area is 231 Å². The number of allylic oxidation sites excluding steroid dienone is 2. The summed E-state index contributed by atoms with van der Waals surface area (Å²) < 4.78 is 0. The van der Waals surface area contributed by atoms with Crippen LogP contribution in [0.3, 0.4) is 0 Å². The molecule has 1 aliphatic carbocycles. The maximum absolute atomic E-state index is 8.00. The number of anilines is 3. The molecule has 2 fully saturated rings. The molecule has 9 nitrogen and oxygen atoms in total. The van der Waals surface area contributed by atoms with Crippen LogP contribution in [0.5, 0.6) is 0 Å². The quantitative estimate of drug-likeness (QED) is 0.421. The molecule has 0 spiro atoms. The van der Waals surface area contributed by atoms with E-state index < -0.39 is 0 Å². The number of aromatic nitrogens is 4. The normalized spacial score (nSPS) is 16.5. The Balaban J connectivity index is 0.000000898. The molecule has 0 atom stereocenters. The highest BCUT2D eigenvalue weighted by molar-refractivity contribution is 7.98. The molecule has 37 heavy (non-hydrogen) atoms. The number of nitrogens with one attached hydrogen (secondary N) is 2. The van der Waals surface area contributed by atoms with Gasteiger partial charge in [-0.1, -0.05) is 18.9 Å². The standard InChI is InChI=1S/C23H33N7S2.C2H7N.CH2O/c1-3-18(17-6-4-5-7-17)22-19(31)16-24-23(26-22)25-20-8-9-21(28-27-20)30-12-10-29(11-13-30)14-15-32-2;1-3-2;1-2/h3,8-9,16-17,31H,4-7,10-15H2,1-2H3,(H,24,25,26,27);3H,1-2H3;1H2/b18-3+;;. The summed E-state index contributed by atoms with van der Waals surface area (Å²) in [5.41, 5.74) is 2.19. The van der Waals surface area contributed by atoms with Gasteiger partial charge in [-0.3, -0.25) is 4.90 Å². The van der Waals surface area contributed by atoms with E-state index in [9.17, 15) is 0 Å². The molecule has 0 bridgehead atoms. The highest BCUT2D eigenvalue weighted by Crippen LogP contribution is 2.38. The first kappa shape index (κ1) is 31.0. The van der Waals surface area contributed by atoms with Crippen molar-refractivity contribution < 1.29 is 4.79 Å². The van der Waals surface area contributed by atoms with Gasteiger partial charge in [0.2, 0.25) is 5.95 Å². The Morgan fingerprint density at radius 2 is 1.84 bits per heavy atom. The van der Waals surface area contributed by atoms with Crippen LogP contribution in [0.25, 0.3) is 5.57 Å². The van der Waals surface area contributed by atoms with Crippen molar-refractivity contribution in [3.05, 3.63) is 30.1 Å². The second kappa shape index (κ2) is 17.3. The Bertz CT molecular complexity index is 946. The number of hydrogen-bond donors (Lipinski definition) is 3. The van der Waals surface area contributed by atoms with E-state index in [1.54, 1.807) is 6.20 Å². The van der Waals surface area contributed by atoms with E-state index >= 15 is 0 Å². The van der Waals surface area contributed by atoms with Crippen LogP contribution < -0.4 is 15.5 Å². The SMILES string of the molecule is C/C=C(/c1nc(Nc2ccc(N3CCN(CCSC)CC3)nn2)ncc1S)C1CCCC1.C=O.CNC. The van der Waals surface area contributed by atoms with E-state index in [2.05, 4.69) is 67.5 Å². The van der Waals surface area contributed by atoms with E-state index in [0.29, 0.717) is 17.7 Å². The fourth-order valence-corrected chi connectivity index (χ4v) is 5.22. The Morgan fingerprint density at radius 1 is 1.16 bits per heavy atom. The highest BCUT2D eigenvalue weighted by Gasteiger charge is 2.23. The summed E-state index contributed by atoms with van der Waals surface area (Å²) >= 11 is 6.53. The van der Waals surface area contributed by atoms with Gasteiger partial charge < -0.3 is 20.3 Å². The lowest BCUT2D eigenvalue weighted by atomic mass is 9.94. The smallest absolute Gasteiger partial charge is 0.229 e. The van der Waals surface area contributed by atoms with Crippen molar-refractivity contribution in [3.63, 3.8) is 0 Å². The molecule has 204 valence electrons. The van der Waals surface area contributed by atoms with E-state index in [-0.39, 0.29) is 0 Å². The van der Waals surface area contributed by atoms with Crippen molar-refractivity contribution in [2.75, 3.05) is 69.0 Å². The third-order valence-corrected chi connectivity index (χ3v) is 7.27. The number of hydrogen-bond acceptors (Lipinski definition) is 11. The summed E-state index contributed by atoms with van der Waals surface area (Å²) in [7, 11) is 3.75. The monoisotopic (exact) mass is 546 g/mol. The molecule has 1 aliphatic heterocycles. The van der Waals surface area contributed by atoms with Gasteiger partial charge in [0, 0.05) is 49.6 Å². The zero-order valence-electron chi connectivity index (χ0n) is 22.6. The van der Waals surface area contributed by atoms with Crippen LogP contribution in [-0.2, 0) is 4.79 Å². The summed E-state index contributed by atoms with van der Waals surface area (Å²) in [5, 5.41) is 14.8. The minimum Gasteiger partial charge on any atom is -0.353 e. The van der Waals surface area contributed by atoms with Gasteiger partial charge >= 0.3 is 0 Å². The molecule has 2 aromatic heterocycles. The molecular weight excluding hydrogens is 504 g/mol. The lowest BCUT2D eigenvalue weighted by Gasteiger charge is -2.35. The first-order chi connectivity index (χ1) is 18.1. The van der Waals surface area contributed by atoms with E-state index in [4.69, 9.17) is 9.78 Å². The highest BCUT2D eigenvalue weighted by atomic mass is 32.2. The van der Waals surface area contributed by atoms with Gasteiger partial charge in [-0.15, -0.1) is 22.8 Å². The summed E-state index contributed by atoms with van der Waals surface area (Å²) in [6.45, 7) is 9.36. The van der Waals surface area contributed by atoms with Crippen LogP contribution in [0.4, 0.5) is 17.6 Å². The number of thiol groups is 1. The third kappa shape index (κ3) is 9.55. The predicted octanol–water partition coefficient (Wildman–Crippen LogP) is 4.03. The molecule has 3 heterocycles. The van der Waals surface area contributed by atoms with Gasteiger partial charge in [0.15, 0.2) is 11.6 Å². The number of carbonyl (C=O) groups excluding carboxylic acids is 1. The average molecular weight is 547 g/mol. The number of carbonyl (C=O) groups is 1. The van der Waals surface area contributed by atoms with Crippen molar-refractivity contribution in [1.82, 2.24) is 30.4 Å². The van der Waals surface area contributed by atoms with Crippen molar-refractivity contribution in [1.29, 1.82) is 0 Å². The second-order valence-corrected chi connectivity index (χ2v) is 10.3. The molecule has 2 aromatic rings. The van der Waals surface area contributed by atoms with Gasteiger partial charge in [-0.25, -0.2) is 9.97 Å². The zero-order valence-corrected chi connectivity index (χ0v) is 24.3. The predicted molar refractivity (Wildman–Crippen MR) is 159 cm³/mol. The first-order valence-electron chi connectivity index (χ1n) is 12.8. The van der Waals surface area contributed by atoms with Crippen molar-refractivity contribution in [2.24, 2.45) is 5.92 Å². The summed E-state index contributed by atoms with van der Waals surface area (Å²) in [6, 6.07) is 3.98. The fraction of sp³-hybridized carbons (Fsp3) is 0.577. The average Bonchev–Trinajstić information content (AvgIpc) is 3.47. The van der Waals surface area contributed by atoms with Crippen molar-refractivity contribution in [3.8, 4) is 0 Å². The van der Waals surface area contributed by atoms with Crippen LogP contribution in [0.1, 0.15) is 38.3 Å². The van der Waals surface area contributed by atoms with Crippen LogP contribution in [0, 0.1) is 5.92 Å². The molecule has 2 N–H and O–H groups in total. The molecule has 2 aliphatic rings. The van der Waals surface area contributed by atoms with Crippen molar-refractivity contribution >= 4 is 54.3 Å². The molecule has 1 saturated heterocycles. The van der Waals surface area contributed by atoms with Gasteiger partial charge in [0.25, 0.3) is 0 Å². The molecular formula is C26H42N8OS2. The maximum atomic E-state index is 8.00. The van der Waals surface area contributed by atoms with E-state index in [1.807, 2.05) is 44.8 Å². The zero-order chi connectivity index (χ0) is 27.0. The fourth-order valence-electron chi connectivity index (χ4n) is 4.55. The van der Waals surface area contributed by atoms with Crippen LogP contribution in [0.15, 0.2) is 29.3 Å². The van der Waals surface area contributed by atoms with E-state index in [1.165, 1.54) is 37.0 Å². The molecule has 1 saturated carbocycles. The number of thioether (sulfide) groups is 1. The summed E-state index contributed by atoms with van der Waals surface area (Å²) in [6.07, 6.45) is 11.1. The minimum absolute atomic E-state index is 0.527. The topological polar surface area (TPSA) is 99.2 Å². The largest absolute Gasteiger partial charge is 0.353 e.